The number of ether oxygens (including phenoxy) is 1. The molecule has 0 aliphatic heterocycles. The van der Waals surface area contributed by atoms with Gasteiger partial charge in [0.15, 0.2) is 0 Å². The highest BCUT2D eigenvalue weighted by molar-refractivity contribution is 6.01. The number of hydrogen-bond acceptors (Lipinski definition) is 7. The predicted molar refractivity (Wildman–Crippen MR) is 136 cm³/mol. The van der Waals surface area contributed by atoms with E-state index < -0.39 is 0 Å². The van der Waals surface area contributed by atoms with Crippen molar-refractivity contribution in [3.63, 3.8) is 0 Å². The molecule has 7 heteroatoms. The third-order valence-corrected chi connectivity index (χ3v) is 10.2. The van der Waals surface area contributed by atoms with Gasteiger partial charge in [0, 0.05) is 12.2 Å². The molecule has 0 heterocycles. The molecule has 0 saturated heterocycles. The summed E-state index contributed by atoms with van der Waals surface area (Å²) >= 11 is 0. The maximum absolute atomic E-state index is 8.33. The fraction of sp³-hybridized carbons (Fsp3) is 0.778. The summed E-state index contributed by atoms with van der Waals surface area (Å²) in [4.78, 5) is 0. The normalized spacial score (nSPS) is 40.3. The Kier molecular flexibility index (Phi) is 8.94. The molecule has 0 spiro atoms. The number of hydrogen-bond donors (Lipinski definition) is 4. The minimum absolute atomic E-state index is 0.228. The van der Waals surface area contributed by atoms with Crippen LogP contribution in [-0.4, -0.2) is 22.2 Å². The van der Waals surface area contributed by atoms with E-state index in [2.05, 4.69) is 31.1 Å². The molecule has 0 aromatic carbocycles. The summed E-state index contributed by atoms with van der Waals surface area (Å²) in [5.41, 5.74) is 11.4. The molecule has 4 rings (SSSR count). The van der Waals surface area contributed by atoms with Crippen molar-refractivity contribution >= 4 is 11.8 Å². The van der Waals surface area contributed by atoms with Crippen LogP contribution in [0.4, 0.5) is 0 Å². The summed E-state index contributed by atoms with van der Waals surface area (Å²) in [6.07, 6.45) is 21.5. The second-order valence-corrected chi connectivity index (χ2v) is 11.3. The minimum atomic E-state index is -0.228. The predicted octanol–water partition coefficient (Wildman–Crippen LogP) is 5.97. The Hall–Kier alpha value is -2.18. The summed E-state index contributed by atoms with van der Waals surface area (Å²) in [6, 6.07) is 0. The van der Waals surface area contributed by atoms with Gasteiger partial charge in [0.1, 0.15) is 0 Å². The van der Waals surface area contributed by atoms with E-state index >= 15 is 0 Å². The van der Waals surface area contributed by atoms with Crippen molar-refractivity contribution in [2.24, 2.45) is 62.2 Å². The Balaban J connectivity index is 0.000000218. The first kappa shape index (κ1) is 26.4. The summed E-state index contributed by atoms with van der Waals surface area (Å²) in [7, 11) is 0. The van der Waals surface area contributed by atoms with Gasteiger partial charge in [-0.3, -0.25) is 0 Å². The zero-order valence-electron chi connectivity index (χ0n) is 21.3. The number of nitrogens with two attached hydrogens (primary N) is 2. The Morgan fingerprint density at radius 1 is 0.853 bits per heavy atom. The van der Waals surface area contributed by atoms with Gasteiger partial charge in [0.25, 0.3) is 11.8 Å². The zero-order chi connectivity index (χ0) is 24.8. The van der Waals surface area contributed by atoms with Crippen LogP contribution < -0.4 is 11.5 Å². The summed E-state index contributed by atoms with van der Waals surface area (Å²) < 4.78 is 4.70. The van der Waals surface area contributed by atoms with Crippen molar-refractivity contribution in [2.45, 2.75) is 91.4 Å². The first-order valence-electron chi connectivity index (χ1n) is 13.3. The Morgan fingerprint density at radius 3 is 2.09 bits per heavy atom. The van der Waals surface area contributed by atoms with E-state index in [1.807, 2.05) is 0 Å². The van der Waals surface area contributed by atoms with E-state index in [0.717, 1.165) is 59.6 Å². The topological polar surface area (TPSA) is 126 Å². The van der Waals surface area contributed by atoms with Crippen molar-refractivity contribution in [2.75, 3.05) is 0 Å². The molecule has 0 radical (unpaired) electrons. The molecule has 6 N–H and O–H groups in total. The van der Waals surface area contributed by atoms with Crippen molar-refractivity contribution in [1.82, 2.24) is 0 Å². The van der Waals surface area contributed by atoms with E-state index in [1.165, 1.54) is 19.3 Å². The van der Waals surface area contributed by atoms with Gasteiger partial charge in [-0.1, -0.05) is 40.0 Å². The average molecular weight is 475 g/mol. The second-order valence-electron chi connectivity index (χ2n) is 11.3. The second kappa shape index (κ2) is 11.5. The average Bonchev–Trinajstić information content (AvgIpc) is 3.19. The van der Waals surface area contributed by atoms with Crippen LogP contribution in [0.2, 0.25) is 0 Å². The van der Waals surface area contributed by atoms with Crippen molar-refractivity contribution in [3.05, 3.63) is 24.6 Å². The molecular weight excluding hydrogens is 428 g/mol. The van der Waals surface area contributed by atoms with E-state index in [9.17, 15) is 0 Å². The maximum atomic E-state index is 8.33. The van der Waals surface area contributed by atoms with Crippen LogP contribution in [0.15, 0.2) is 34.9 Å². The molecule has 7 nitrogen and oxygen atoms in total. The summed E-state index contributed by atoms with van der Waals surface area (Å²) in [6.45, 7) is 7.84. The van der Waals surface area contributed by atoms with E-state index in [1.54, 1.807) is 51.4 Å². The van der Waals surface area contributed by atoms with Gasteiger partial charge in [0.2, 0.25) is 0 Å². The Morgan fingerprint density at radius 2 is 1.50 bits per heavy atom. The van der Waals surface area contributed by atoms with Crippen LogP contribution in [-0.2, 0) is 4.74 Å². The smallest absolute Gasteiger partial charge is 0.258 e. The molecule has 4 aliphatic carbocycles. The molecule has 7 atom stereocenters. The van der Waals surface area contributed by atoms with Gasteiger partial charge in [-0.15, -0.1) is 0 Å². The Labute approximate surface area is 205 Å². The monoisotopic (exact) mass is 474 g/mol. The molecule has 4 aliphatic rings. The van der Waals surface area contributed by atoms with Gasteiger partial charge in [-0.25, -0.2) is 0 Å². The lowest BCUT2D eigenvalue weighted by atomic mass is 9.45. The number of oxime groups is 2. The number of rotatable bonds is 3. The van der Waals surface area contributed by atoms with Crippen LogP contribution in [0.25, 0.3) is 0 Å². The highest BCUT2D eigenvalue weighted by Gasteiger charge is 2.59. The highest BCUT2D eigenvalue weighted by atomic mass is 16.6. The number of nitrogens with zero attached hydrogens (tertiary/aromatic N) is 2. The van der Waals surface area contributed by atoms with E-state index in [0.29, 0.717) is 5.41 Å². The molecule has 34 heavy (non-hydrogen) atoms. The van der Waals surface area contributed by atoms with Crippen LogP contribution in [0, 0.1) is 40.4 Å². The van der Waals surface area contributed by atoms with Gasteiger partial charge in [-0.2, -0.15) is 0 Å². The molecule has 0 aromatic heterocycles. The summed E-state index contributed by atoms with van der Waals surface area (Å²) in [5, 5.41) is 22.1. The first-order valence-corrected chi connectivity index (χ1v) is 13.3. The van der Waals surface area contributed by atoms with Crippen molar-refractivity contribution in [3.8, 4) is 0 Å². The van der Waals surface area contributed by atoms with Gasteiger partial charge in [-0.05, 0) is 114 Å². The van der Waals surface area contributed by atoms with Crippen molar-refractivity contribution in [1.29, 1.82) is 0 Å². The van der Waals surface area contributed by atoms with Crippen LogP contribution in [0.3, 0.4) is 0 Å². The van der Waals surface area contributed by atoms with E-state index in [4.69, 9.17) is 26.6 Å². The molecule has 0 amide bonds. The third kappa shape index (κ3) is 5.08. The molecule has 0 bridgehead atoms. The lowest BCUT2D eigenvalue weighted by Gasteiger charge is -2.60. The fourth-order valence-electron chi connectivity index (χ4n) is 8.52. The van der Waals surface area contributed by atoms with Crippen LogP contribution in [0.5, 0.6) is 0 Å². The van der Waals surface area contributed by atoms with E-state index in [-0.39, 0.29) is 11.8 Å². The van der Waals surface area contributed by atoms with Crippen LogP contribution in [0.1, 0.15) is 91.4 Å². The van der Waals surface area contributed by atoms with Crippen molar-refractivity contribution < 1.29 is 15.2 Å². The lowest BCUT2D eigenvalue weighted by Crippen LogP contribution is -2.52. The largest absolute Gasteiger partial charge is 0.414 e. The molecule has 0 aromatic rings. The van der Waals surface area contributed by atoms with Gasteiger partial charge in [0.05, 0.1) is 0 Å². The van der Waals surface area contributed by atoms with Gasteiger partial charge < -0.3 is 26.6 Å². The molecule has 4 saturated carbocycles. The lowest BCUT2D eigenvalue weighted by molar-refractivity contribution is -0.110. The molecule has 1 unspecified atom stereocenters. The molecule has 192 valence electrons. The van der Waals surface area contributed by atoms with Crippen LogP contribution >= 0.6 is 0 Å². The molecule has 4 fully saturated rings. The Bertz CT molecular complexity index is 769. The summed E-state index contributed by atoms with van der Waals surface area (Å²) in [5.74, 6) is 4.94. The standard InChI is InChI=1S/C21H36.C6H10N4O3/c1-4-15-9-11-18-17-10-8-16-7-5-6-13-20(16,2)19(17)12-14-21(15,18)3;7-3-1-5(9-11)13-6(10-12)2-4-8/h15-19H,4-14H2,1-3H3;1-4,11-12H,7-8H2/t15-,16?,17-,18-,19-,20-,21+;/m0./s1. The minimum Gasteiger partial charge on any atom is -0.414 e. The SMILES string of the molecule is CC[C@H]1CC[C@H]2[C@@H]3CCC4CCCC[C@]4(C)[C@H]3CC[C@]12C.NC=CC(=NO)OC(C=CN)=NO. The fourth-order valence-corrected chi connectivity index (χ4v) is 8.52. The van der Waals surface area contributed by atoms with Gasteiger partial charge >= 0.3 is 0 Å². The number of fused-ring (bicyclic) bond motifs is 5. The maximum Gasteiger partial charge on any atom is 0.258 e. The highest BCUT2D eigenvalue weighted by Crippen LogP contribution is 2.67. The first-order chi connectivity index (χ1) is 16.4. The molecular formula is C27H46N4O3. The zero-order valence-corrected chi connectivity index (χ0v) is 21.3. The quantitative estimate of drug-likeness (QED) is 0.173. The third-order valence-electron chi connectivity index (χ3n) is 10.2.